The molecule has 1 fully saturated rings. The van der Waals surface area contributed by atoms with Crippen LogP contribution in [0.2, 0.25) is 0 Å². The van der Waals surface area contributed by atoms with E-state index in [4.69, 9.17) is 16.3 Å². The first-order valence-electron chi connectivity index (χ1n) is 6.73. The van der Waals surface area contributed by atoms with Gasteiger partial charge in [-0.3, -0.25) is 9.69 Å². The fraction of sp³-hybridized carbons (Fsp3) is 0.846. The van der Waals surface area contributed by atoms with Crippen molar-refractivity contribution in [1.82, 2.24) is 9.80 Å². The van der Waals surface area contributed by atoms with E-state index in [1.54, 1.807) is 4.90 Å². The van der Waals surface area contributed by atoms with Crippen LogP contribution < -0.4 is 0 Å². The lowest BCUT2D eigenvalue weighted by atomic mass is 10.2. The van der Waals surface area contributed by atoms with Crippen LogP contribution in [0.25, 0.3) is 0 Å². The maximum Gasteiger partial charge on any atom is 0.410 e. The molecular weight excluding hydrogens is 284 g/mol. The molecule has 7 heteroatoms. The minimum Gasteiger partial charge on any atom is -0.449 e. The maximum absolute atomic E-state index is 11.9. The summed E-state index contributed by atoms with van der Waals surface area (Å²) >= 11 is 5.31. The lowest BCUT2D eigenvalue weighted by Gasteiger charge is -2.35. The fourth-order valence-corrected chi connectivity index (χ4v) is 1.98. The first kappa shape index (κ1) is 17.0. The molecule has 0 unspecified atom stereocenters. The number of nitrogens with zero attached hydrogens (tertiary/aromatic N) is 2. The number of alkyl halides is 1. The molecule has 20 heavy (non-hydrogen) atoms. The molecule has 0 atom stereocenters. The van der Waals surface area contributed by atoms with Crippen LogP contribution in [0.5, 0.6) is 0 Å². The van der Waals surface area contributed by atoms with E-state index in [0.717, 1.165) is 13.1 Å². The maximum atomic E-state index is 11.9. The summed E-state index contributed by atoms with van der Waals surface area (Å²) in [4.78, 5) is 26.9. The summed E-state index contributed by atoms with van der Waals surface area (Å²) in [6.45, 7) is 8.86. The van der Waals surface area contributed by atoms with Gasteiger partial charge in [0.2, 0.25) is 0 Å². The van der Waals surface area contributed by atoms with Gasteiger partial charge in [-0.05, 0) is 20.8 Å². The number of ether oxygens (including phenoxy) is 2. The number of carbonyl (C=O) groups excluding carboxylic acids is 2. The molecule has 116 valence electrons. The fourth-order valence-electron chi connectivity index (χ4n) is 1.86. The first-order valence-corrected chi connectivity index (χ1v) is 7.27. The van der Waals surface area contributed by atoms with Gasteiger partial charge in [0.25, 0.3) is 0 Å². The molecule has 0 aromatic carbocycles. The van der Waals surface area contributed by atoms with E-state index in [1.807, 2.05) is 20.8 Å². The van der Waals surface area contributed by atoms with E-state index in [1.165, 1.54) is 0 Å². The largest absolute Gasteiger partial charge is 0.449 e. The molecule has 0 aromatic rings. The average molecular weight is 307 g/mol. The van der Waals surface area contributed by atoms with Crippen molar-refractivity contribution < 1.29 is 19.1 Å². The van der Waals surface area contributed by atoms with E-state index in [9.17, 15) is 9.59 Å². The molecule has 0 spiro atoms. The van der Waals surface area contributed by atoms with Gasteiger partial charge >= 0.3 is 12.1 Å². The average Bonchev–Trinajstić information content (AvgIpc) is 2.35. The highest BCUT2D eigenvalue weighted by atomic mass is 35.5. The molecule has 1 amide bonds. The van der Waals surface area contributed by atoms with Crippen molar-refractivity contribution in [2.24, 2.45) is 0 Å². The molecule has 0 N–H and O–H groups in total. The first-order chi connectivity index (χ1) is 9.31. The molecule has 0 aliphatic carbocycles. The SMILES string of the molecule is CC(C)(C)OC(=O)N1CCN(CCC(=O)OCCl)CC1. The molecule has 0 saturated carbocycles. The second kappa shape index (κ2) is 7.69. The van der Waals surface area contributed by atoms with Crippen LogP contribution in [0.15, 0.2) is 0 Å². The Bertz CT molecular complexity index is 336. The number of amides is 1. The van der Waals surface area contributed by atoms with Gasteiger partial charge in [0.15, 0.2) is 6.07 Å². The van der Waals surface area contributed by atoms with Gasteiger partial charge in [0.05, 0.1) is 6.42 Å². The smallest absolute Gasteiger partial charge is 0.410 e. The lowest BCUT2D eigenvalue weighted by Crippen LogP contribution is -2.50. The van der Waals surface area contributed by atoms with Gasteiger partial charge in [-0.25, -0.2) is 4.79 Å². The van der Waals surface area contributed by atoms with Crippen LogP contribution in [0, 0.1) is 0 Å². The zero-order valence-electron chi connectivity index (χ0n) is 12.4. The van der Waals surface area contributed by atoms with Crippen LogP contribution in [-0.4, -0.2) is 66.3 Å². The molecule has 0 bridgehead atoms. The molecule has 1 rings (SSSR count). The summed E-state index contributed by atoms with van der Waals surface area (Å²) in [7, 11) is 0. The third kappa shape index (κ3) is 6.43. The van der Waals surface area contributed by atoms with Gasteiger partial charge in [-0.2, -0.15) is 0 Å². The number of esters is 1. The summed E-state index contributed by atoms with van der Waals surface area (Å²) in [5.74, 6) is -0.297. The van der Waals surface area contributed by atoms with Crippen LogP contribution >= 0.6 is 11.6 Å². The predicted molar refractivity (Wildman–Crippen MR) is 75.7 cm³/mol. The van der Waals surface area contributed by atoms with Crippen molar-refractivity contribution in [2.75, 3.05) is 38.8 Å². The summed E-state index contributed by atoms with van der Waals surface area (Å²) in [6, 6.07) is -0.106. The number of hydrogen-bond donors (Lipinski definition) is 0. The standard InChI is InChI=1S/C13H23ClN2O4/c1-13(2,3)20-12(18)16-8-6-15(7-9-16)5-4-11(17)19-10-14/h4-10H2,1-3H3. The Hall–Kier alpha value is -1.01. The Labute approximate surface area is 124 Å². The molecule has 0 radical (unpaired) electrons. The molecule has 1 aliphatic rings. The number of hydrogen-bond acceptors (Lipinski definition) is 5. The minimum atomic E-state index is -0.473. The zero-order chi connectivity index (χ0) is 15.2. The van der Waals surface area contributed by atoms with Gasteiger partial charge < -0.3 is 14.4 Å². The quantitative estimate of drug-likeness (QED) is 0.584. The van der Waals surface area contributed by atoms with Crippen molar-refractivity contribution in [2.45, 2.75) is 32.8 Å². The van der Waals surface area contributed by atoms with E-state index in [-0.39, 0.29) is 18.1 Å². The Morgan fingerprint density at radius 1 is 1.15 bits per heavy atom. The monoisotopic (exact) mass is 306 g/mol. The highest BCUT2D eigenvalue weighted by Crippen LogP contribution is 2.12. The van der Waals surface area contributed by atoms with Gasteiger partial charge in [-0.1, -0.05) is 11.6 Å². The molecular formula is C13H23ClN2O4. The van der Waals surface area contributed by atoms with Crippen molar-refractivity contribution in [3.63, 3.8) is 0 Å². The molecule has 0 aromatic heterocycles. The molecule has 6 nitrogen and oxygen atoms in total. The lowest BCUT2D eigenvalue weighted by molar-refractivity contribution is -0.142. The Balaban J connectivity index is 2.26. The highest BCUT2D eigenvalue weighted by molar-refractivity contribution is 6.17. The number of carbonyl (C=O) groups is 2. The van der Waals surface area contributed by atoms with Crippen molar-refractivity contribution in [1.29, 1.82) is 0 Å². The number of halogens is 1. The van der Waals surface area contributed by atoms with Crippen LogP contribution in [0.1, 0.15) is 27.2 Å². The van der Waals surface area contributed by atoms with Crippen molar-refractivity contribution in [3.8, 4) is 0 Å². The summed E-state index contributed by atoms with van der Waals surface area (Å²) < 4.78 is 9.98. The van der Waals surface area contributed by atoms with Gasteiger partial charge in [0, 0.05) is 32.7 Å². The normalized spacial score (nSPS) is 16.9. The van der Waals surface area contributed by atoms with E-state index >= 15 is 0 Å². The summed E-state index contributed by atoms with van der Waals surface area (Å²) in [5.41, 5.74) is -0.473. The Morgan fingerprint density at radius 2 is 1.75 bits per heavy atom. The molecule has 1 heterocycles. The van der Waals surface area contributed by atoms with E-state index < -0.39 is 5.60 Å². The third-order valence-electron chi connectivity index (χ3n) is 2.87. The van der Waals surface area contributed by atoms with Crippen LogP contribution in [0.4, 0.5) is 4.79 Å². The molecule has 1 aliphatic heterocycles. The highest BCUT2D eigenvalue weighted by Gasteiger charge is 2.25. The topological polar surface area (TPSA) is 59.1 Å². The number of piperazine rings is 1. The second-order valence-electron chi connectivity index (χ2n) is 5.68. The third-order valence-corrected chi connectivity index (χ3v) is 2.98. The number of rotatable bonds is 4. The van der Waals surface area contributed by atoms with Gasteiger partial charge in [0.1, 0.15) is 5.60 Å². The second-order valence-corrected chi connectivity index (χ2v) is 5.90. The van der Waals surface area contributed by atoms with Crippen molar-refractivity contribution >= 4 is 23.7 Å². The van der Waals surface area contributed by atoms with Crippen LogP contribution in [-0.2, 0) is 14.3 Å². The zero-order valence-corrected chi connectivity index (χ0v) is 13.1. The van der Waals surface area contributed by atoms with Gasteiger partial charge in [-0.15, -0.1) is 0 Å². The Morgan fingerprint density at radius 3 is 2.25 bits per heavy atom. The van der Waals surface area contributed by atoms with Crippen LogP contribution in [0.3, 0.4) is 0 Å². The minimum absolute atomic E-state index is 0.106. The predicted octanol–water partition coefficient (Wildman–Crippen LogP) is 1.67. The Kier molecular flexibility index (Phi) is 6.55. The summed E-state index contributed by atoms with van der Waals surface area (Å²) in [6.07, 6.45) is 0.0396. The summed E-state index contributed by atoms with van der Waals surface area (Å²) in [5, 5.41) is 0. The molecule has 1 saturated heterocycles. The van der Waals surface area contributed by atoms with E-state index in [2.05, 4.69) is 9.64 Å². The van der Waals surface area contributed by atoms with Crippen molar-refractivity contribution in [3.05, 3.63) is 0 Å². The van der Waals surface area contributed by atoms with E-state index in [0.29, 0.717) is 26.1 Å².